The lowest BCUT2D eigenvalue weighted by Crippen LogP contribution is -2.24. The van der Waals surface area contributed by atoms with Crippen LogP contribution in [0.3, 0.4) is 0 Å². The third-order valence-corrected chi connectivity index (χ3v) is 5.23. The Bertz CT molecular complexity index is 1040. The monoisotopic (exact) mass is 381 g/mol. The van der Waals surface area contributed by atoms with E-state index in [4.69, 9.17) is 4.74 Å². The SMILES string of the molecule is COC(=O)C/C=C/c1ccc2c(c1)c1ccccc1n2[C@H]1CC(O)[C@@H](CO)O1. The lowest BCUT2D eigenvalue weighted by Gasteiger charge is -2.16. The molecule has 146 valence electrons. The number of rotatable bonds is 5. The minimum absolute atomic E-state index is 0.204. The molecule has 0 amide bonds. The molecule has 2 N–H and O–H groups in total. The highest BCUT2D eigenvalue weighted by Crippen LogP contribution is 2.38. The Kier molecular flexibility index (Phi) is 5.17. The minimum atomic E-state index is -0.688. The first-order valence-corrected chi connectivity index (χ1v) is 9.33. The summed E-state index contributed by atoms with van der Waals surface area (Å²) in [5.74, 6) is -0.274. The van der Waals surface area contributed by atoms with Gasteiger partial charge in [0.25, 0.3) is 0 Å². The molecule has 1 aromatic heterocycles. The molecule has 6 heteroatoms. The Morgan fingerprint density at radius 1 is 1.25 bits per heavy atom. The number of methoxy groups -OCH3 is 1. The molecule has 1 aliphatic rings. The molecule has 0 radical (unpaired) electrons. The second kappa shape index (κ2) is 7.75. The summed E-state index contributed by atoms with van der Waals surface area (Å²) in [5, 5.41) is 21.7. The number of nitrogens with zero attached hydrogens (tertiary/aromatic N) is 1. The summed E-state index contributed by atoms with van der Waals surface area (Å²) in [7, 11) is 1.38. The molecule has 1 unspecified atom stereocenters. The van der Waals surface area contributed by atoms with Gasteiger partial charge in [0.1, 0.15) is 12.3 Å². The van der Waals surface area contributed by atoms with Gasteiger partial charge in [0, 0.05) is 17.2 Å². The quantitative estimate of drug-likeness (QED) is 0.664. The average Bonchev–Trinajstić information content (AvgIpc) is 3.24. The van der Waals surface area contributed by atoms with E-state index in [0.29, 0.717) is 6.42 Å². The summed E-state index contributed by atoms with van der Waals surface area (Å²) in [6.07, 6.45) is 2.75. The van der Waals surface area contributed by atoms with Crippen LogP contribution in [0.1, 0.15) is 24.6 Å². The predicted molar refractivity (Wildman–Crippen MR) is 107 cm³/mol. The molecular weight excluding hydrogens is 358 g/mol. The molecule has 0 bridgehead atoms. The first-order chi connectivity index (χ1) is 13.6. The highest BCUT2D eigenvalue weighted by atomic mass is 16.5. The number of ether oxygens (including phenoxy) is 2. The van der Waals surface area contributed by atoms with Crippen molar-refractivity contribution in [1.82, 2.24) is 4.57 Å². The zero-order valence-corrected chi connectivity index (χ0v) is 15.6. The Balaban J connectivity index is 1.77. The van der Waals surface area contributed by atoms with E-state index < -0.39 is 12.2 Å². The normalized spacial score (nSPS) is 22.5. The van der Waals surface area contributed by atoms with Crippen molar-refractivity contribution in [3.05, 3.63) is 54.1 Å². The van der Waals surface area contributed by atoms with Crippen molar-refractivity contribution in [3.63, 3.8) is 0 Å². The van der Waals surface area contributed by atoms with Gasteiger partial charge in [-0.3, -0.25) is 4.79 Å². The number of esters is 1. The molecule has 28 heavy (non-hydrogen) atoms. The smallest absolute Gasteiger partial charge is 0.309 e. The molecule has 2 aromatic carbocycles. The van der Waals surface area contributed by atoms with Crippen molar-refractivity contribution in [2.75, 3.05) is 13.7 Å². The summed E-state index contributed by atoms with van der Waals surface area (Å²) in [6.45, 7) is -0.204. The topological polar surface area (TPSA) is 80.9 Å². The number of aliphatic hydroxyl groups is 2. The van der Waals surface area contributed by atoms with Crippen molar-refractivity contribution in [2.45, 2.75) is 31.3 Å². The van der Waals surface area contributed by atoms with Crippen LogP contribution in [0.2, 0.25) is 0 Å². The van der Waals surface area contributed by atoms with Gasteiger partial charge in [-0.25, -0.2) is 0 Å². The second-order valence-electron chi connectivity index (χ2n) is 6.96. The van der Waals surface area contributed by atoms with Crippen molar-refractivity contribution in [1.29, 1.82) is 0 Å². The number of aromatic nitrogens is 1. The van der Waals surface area contributed by atoms with Gasteiger partial charge in [-0.05, 0) is 23.8 Å². The molecule has 6 nitrogen and oxygen atoms in total. The zero-order chi connectivity index (χ0) is 19.7. The van der Waals surface area contributed by atoms with Gasteiger partial charge in [-0.1, -0.05) is 36.4 Å². The molecule has 2 heterocycles. The number of aliphatic hydroxyl groups excluding tert-OH is 2. The number of hydrogen-bond acceptors (Lipinski definition) is 5. The van der Waals surface area contributed by atoms with E-state index in [9.17, 15) is 15.0 Å². The van der Waals surface area contributed by atoms with Gasteiger partial charge in [-0.2, -0.15) is 0 Å². The molecule has 1 aliphatic heterocycles. The van der Waals surface area contributed by atoms with Crippen LogP contribution in [0.4, 0.5) is 0 Å². The molecule has 0 spiro atoms. The summed E-state index contributed by atoms with van der Waals surface area (Å²) >= 11 is 0. The fourth-order valence-electron chi connectivity index (χ4n) is 3.85. The zero-order valence-electron chi connectivity index (χ0n) is 15.6. The van der Waals surface area contributed by atoms with E-state index >= 15 is 0 Å². The van der Waals surface area contributed by atoms with Crippen LogP contribution in [0.15, 0.2) is 48.5 Å². The average molecular weight is 381 g/mol. The van der Waals surface area contributed by atoms with Gasteiger partial charge in [0.2, 0.25) is 0 Å². The number of para-hydroxylation sites is 1. The van der Waals surface area contributed by atoms with Gasteiger partial charge in [-0.15, -0.1) is 0 Å². The summed E-state index contributed by atoms with van der Waals surface area (Å²) in [6, 6.07) is 14.2. The predicted octanol–water partition coefficient (Wildman–Crippen LogP) is 3.01. The maximum atomic E-state index is 11.3. The van der Waals surface area contributed by atoms with Gasteiger partial charge in [0.15, 0.2) is 0 Å². The summed E-state index contributed by atoms with van der Waals surface area (Å²) < 4.78 is 12.7. The summed E-state index contributed by atoms with van der Waals surface area (Å²) in [4.78, 5) is 11.3. The lowest BCUT2D eigenvalue weighted by atomic mass is 10.1. The first kappa shape index (κ1) is 18.7. The maximum absolute atomic E-state index is 11.3. The second-order valence-corrected chi connectivity index (χ2v) is 6.96. The molecule has 3 aromatic rings. The van der Waals surface area contributed by atoms with Gasteiger partial charge >= 0.3 is 5.97 Å². The van der Waals surface area contributed by atoms with Crippen molar-refractivity contribution in [2.24, 2.45) is 0 Å². The van der Waals surface area contributed by atoms with Crippen LogP contribution < -0.4 is 0 Å². The van der Waals surface area contributed by atoms with Crippen LogP contribution in [-0.4, -0.2) is 46.7 Å². The molecule has 0 saturated carbocycles. The van der Waals surface area contributed by atoms with Crippen molar-refractivity contribution in [3.8, 4) is 0 Å². The third kappa shape index (κ3) is 3.30. The fraction of sp³-hybridized carbons (Fsp3) is 0.318. The molecule has 0 aliphatic carbocycles. The Labute approximate surface area is 162 Å². The van der Waals surface area contributed by atoms with Crippen molar-refractivity contribution < 1.29 is 24.5 Å². The largest absolute Gasteiger partial charge is 0.469 e. The highest BCUT2D eigenvalue weighted by Gasteiger charge is 2.35. The van der Waals surface area contributed by atoms with E-state index in [-0.39, 0.29) is 25.2 Å². The summed E-state index contributed by atoms with van der Waals surface area (Å²) in [5.41, 5.74) is 3.01. The number of carbonyl (C=O) groups excluding carboxylic acids is 1. The number of hydrogen-bond donors (Lipinski definition) is 2. The van der Waals surface area contributed by atoms with E-state index in [0.717, 1.165) is 27.4 Å². The molecular formula is C22H23NO5. The molecule has 1 saturated heterocycles. The van der Waals surface area contributed by atoms with Crippen LogP contribution in [0, 0.1) is 0 Å². The molecule has 3 atom stereocenters. The van der Waals surface area contributed by atoms with Crippen LogP contribution in [-0.2, 0) is 14.3 Å². The van der Waals surface area contributed by atoms with Crippen molar-refractivity contribution >= 4 is 33.9 Å². The van der Waals surface area contributed by atoms with E-state index in [1.54, 1.807) is 6.08 Å². The Morgan fingerprint density at radius 3 is 2.79 bits per heavy atom. The van der Waals surface area contributed by atoms with Crippen LogP contribution in [0.5, 0.6) is 0 Å². The number of fused-ring (bicyclic) bond motifs is 3. The van der Waals surface area contributed by atoms with Gasteiger partial charge in [0.05, 0.1) is 37.3 Å². The van der Waals surface area contributed by atoms with E-state index in [1.807, 2.05) is 36.4 Å². The standard InChI is InChI=1S/C22H23NO5/c1-27-22(26)8-4-5-14-9-10-18-16(11-14)15-6-2-3-7-17(15)23(18)21-12-19(25)20(13-24)28-21/h2-7,9-11,19-21,24-25H,8,12-13H2,1H3/b5-4+/t19?,20-,21-/m1/s1. The number of carbonyl (C=O) groups is 1. The Hall–Kier alpha value is -2.67. The van der Waals surface area contributed by atoms with Crippen LogP contribution in [0.25, 0.3) is 27.9 Å². The Morgan fingerprint density at radius 2 is 2.04 bits per heavy atom. The van der Waals surface area contributed by atoms with Gasteiger partial charge < -0.3 is 24.3 Å². The third-order valence-electron chi connectivity index (χ3n) is 5.23. The molecule has 4 rings (SSSR count). The lowest BCUT2D eigenvalue weighted by molar-refractivity contribution is -0.139. The fourth-order valence-corrected chi connectivity index (χ4v) is 3.85. The molecule has 1 fully saturated rings. The number of benzene rings is 2. The highest BCUT2D eigenvalue weighted by molar-refractivity contribution is 6.08. The van der Waals surface area contributed by atoms with E-state index in [2.05, 4.69) is 21.4 Å². The van der Waals surface area contributed by atoms with Crippen LogP contribution >= 0.6 is 0 Å². The maximum Gasteiger partial charge on any atom is 0.309 e. The minimum Gasteiger partial charge on any atom is -0.469 e. The first-order valence-electron chi connectivity index (χ1n) is 9.33. The van der Waals surface area contributed by atoms with E-state index in [1.165, 1.54) is 7.11 Å².